The molecule has 1 aromatic rings. The predicted octanol–water partition coefficient (Wildman–Crippen LogP) is 1.89. The number of hydrogen-bond donors (Lipinski definition) is 1. The van der Waals surface area contributed by atoms with Gasteiger partial charge in [0.1, 0.15) is 12.4 Å². The van der Waals surface area contributed by atoms with Crippen LogP contribution in [0.5, 0.6) is 0 Å². The lowest BCUT2D eigenvalue weighted by Crippen LogP contribution is -2.40. The molecule has 1 fully saturated rings. The van der Waals surface area contributed by atoms with Crippen LogP contribution in [0.4, 0.5) is 0 Å². The van der Waals surface area contributed by atoms with E-state index >= 15 is 0 Å². The van der Waals surface area contributed by atoms with Crippen molar-refractivity contribution in [2.24, 2.45) is 5.92 Å². The van der Waals surface area contributed by atoms with E-state index in [1.54, 1.807) is 19.2 Å². The molecule has 1 amide bonds. The third-order valence-corrected chi connectivity index (χ3v) is 3.63. The van der Waals surface area contributed by atoms with E-state index in [-0.39, 0.29) is 5.91 Å². The second-order valence-electron chi connectivity index (χ2n) is 5.50. The number of hydrogen-bond acceptors (Lipinski definition) is 4. The number of furan rings is 1. The van der Waals surface area contributed by atoms with Gasteiger partial charge in [-0.05, 0) is 37.4 Å². The fraction of sp³-hybridized carbons (Fsp3) is 0.667. The van der Waals surface area contributed by atoms with E-state index in [0.717, 1.165) is 25.6 Å². The molecule has 0 radical (unpaired) electrons. The second kappa shape index (κ2) is 7.45. The lowest BCUT2D eigenvalue weighted by atomic mass is 10.0. The van der Waals surface area contributed by atoms with Gasteiger partial charge in [-0.15, -0.1) is 0 Å². The Labute approximate surface area is 120 Å². The van der Waals surface area contributed by atoms with Crippen LogP contribution in [0, 0.1) is 5.92 Å². The molecule has 2 rings (SSSR count). The Morgan fingerprint density at radius 2 is 2.40 bits per heavy atom. The van der Waals surface area contributed by atoms with Crippen LogP contribution in [0.25, 0.3) is 0 Å². The zero-order chi connectivity index (χ0) is 14.4. The number of methoxy groups -OCH3 is 1. The normalized spacial score (nSPS) is 20.0. The Morgan fingerprint density at radius 3 is 3.15 bits per heavy atom. The summed E-state index contributed by atoms with van der Waals surface area (Å²) in [5, 5.41) is 2.90. The van der Waals surface area contributed by atoms with E-state index < -0.39 is 0 Å². The van der Waals surface area contributed by atoms with Crippen LogP contribution in [0.1, 0.15) is 36.1 Å². The monoisotopic (exact) mass is 280 g/mol. The second-order valence-corrected chi connectivity index (χ2v) is 5.50. The van der Waals surface area contributed by atoms with Crippen molar-refractivity contribution in [3.8, 4) is 0 Å². The number of carbonyl (C=O) groups excluding carboxylic acids is 1. The third-order valence-electron chi connectivity index (χ3n) is 3.63. The number of piperidine rings is 1. The van der Waals surface area contributed by atoms with E-state index in [1.165, 1.54) is 12.8 Å². The standard InChI is InChI=1S/C15H24N2O3/c1-12-4-3-8-17(10-12)9-7-16-15(18)14-6-5-13(20-14)11-19-2/h5-6,12H,3-4,7-11H2,1-2H3,(H,16,18). The Morgan fingerprint density at radius 1 is 1.55 bits per heavy atom. The van der Waals surface area contributed by atoms with Crippen molar-refractivity contribution in [2.45, 2.75) is 26.4 Å². The number of ether oxygens (including phenoxy) is 1. The van der Waals surface area contributed by atoms with Gasteiger partial charge in [0.05, 0.1) is 0 Å². The molecule has 20 heavy (non-hydrogen) atoms. The summed E-state index contributed by atoms with van der Waals surface area (Å²) in [7, 11) is 1.60. The van der Waals surface area contributed by atoms with Crippen LogP contribution in [0.15, 0.2) is 16.5 Å². The number of carbonyl (C=O) groups is 1. The summed E-state index contributed by atoms with van der Waals surface area (Å²) in [6, 6.07) is 3.46. The van der Waals surface area contributed by atoms with Crippen LogP contribution < -0.4 is 5.32 Å². The van der Waals surface area contributed by atoms with Gasteiger partial charge in [0.25, 0.3) is 5.91 Å². The predicted molar refractivity (Wildman–Crippen MR) is 76.6 cm³/mol. The van der Waals surface area contributed by atoms with E-state index in [4.69, 9.17) is 9.15 Å². The number of nitrogens with zero attached hydrogens (tertiary/aromatic N) is 1. The van der Waals surface area contributed by atoms with Gasteiger partial charge in [-0.25, -0.2) is 0 Å². The topological polar surface area (TPSA) is 54.7 Å². The highest BCUT2D eigenvalue weighted by molar-refractivity contribution is 5.91. The number of rotatable bonds is 6. The third kappa shape index (κ3) is 4.35. The molecule has 1 saturated heterocycles. The average molecular weight is 280 g/mol. The van der Waals surface area contributed by atoms with Crippen molar-refractivity contribution in [3.05, 3.63) is 23.7 Å². The minimum Gasteiger partial charge on any atom is -0.453 e. The highest BCUT2D eigenvalue weighted by Gasteiger charge is 2.16. The lowest BCUT2D eigenvalue weighted by Gasteiger charge is -2.30. The summed E-state index contributed by atoms with van der Waals surface area (Å²) >= 11 is 0. The first-order valence-corrected chi connectivity index (χ1v) is 7.27. The van der Waals surface area contributed by atoms with Gasteiger partial charge in [-0.1, -0.05) is 6.92 Å². The number of likely N-dealkylation sites (tertiary alicyclic amines) is 1. The Bertz CT molecular complexity index is 431. The van der Waals surface area contributed by atoms with Crippen molar-refractivity contribution in [1.29, 1.82) is 0 Å². The number of nitrogens with one attached hydrogen (secondary N) is 1. The molecule has 1 aliphatic heterocycles. The van der Waals surface area contributed by atoms with E-state index in [2.05, 4.69) is 17.1 Å². The van der Waals surface area contributed by atoms with Crippen LogP contribution in [0.2, 0.25) is 0 Å². The molecule has 0 saturated carbocycles. The SMILES string of the molecule is COCc1ccc(C(=O)NCCN2CCCC(C)C2)o1. The van der Waals surface area contributed by atoms with Crippen LogP contribution in [-0.2, 0) is 11.3 Å². The quantitative estimate of drug-likeness (QED) is 0.864. The van der Waals surface area contributed by atoms with Crippen LogP contribution in [0.3, 0.4) is 0 Å². The van der Waals surface area contributed by atoms with Crippen molar-refractivity contribution in [1.82, 2.24) is 10.2 Å². The van der Waals surface area contributed by atoms with E-state index in [0.29, 0.717) is 24.7 Å². The van der Waals surface area contributed by atoms with Gasteiger partial charge in [-0.3, -0.25) is 4.79 Å². The molecule has 5 heteroatoms. The largest absolute Gasteiger partial charge is 0.453 e. The molecule has 0 bridgehead atoms. The molecular formula is C15H24N2O3. The van der Waals surface area contributed by atoms with Crippen molar-refractivity contribution >= 4 is 5.91 Å². The summed E-state index contributed by atoms with van der Waals surface area (Å²) < 4.78 is 10.4. The summed E-state index contributed by atoms with van der Waals surface area (Å²) in [5.41, 5.74) is 0. The van der Waals surface area contributed by atoms with Crippen molar-refractivity contribution in [3.63, 3.8) is 0 Å². The molecule has 1 aromatic heterocycles. The summed E-state index contributed by atoms with van der Waals surface area (Å²) in [4.78, 5) is 14.3. The fourth-order valence-corrected chi connectivity index (χ4v) is 2.62. The van der Waals surface area contributed by atoms with Crippen molar-refractivity contribution < 1.29 is 13.9 Å². The molecular weight excluding hydrogens is 256 g/mol. The average Bonchev–Trinajstić information content (AvgIpc) is 2.88. The summed E-state index contributed by atoms with van der Waals surface area (Å²) in [6.07, 6.45) is 2.57. The van der Waals surface area contributed by atoms with Gasteiger partial charge in [0, 0.05) is 26.7 Å². The van der Waals surface area contributed by atoms with Gasteiger partial charge >= 0.3 is 0 Å². The minimum atomic E-state index is -0.155. The Balaban J connectivity index is 1.71. The maximum atomic E-state index is 11.9. The molecule has 1 aliphatic rings. The first-order chi connectivity index (χ1) is 9.69. The number of amides is 1. The highest BCUT2D eigenvalue weighted by Crippen LogP contribution is 2.14. The van der Waals surface area contributed by atoms with E-state index in [9.17, 15) is 4.79 Å². The van der Waals surface area contributed by atoms with Crippen LogP contribution in [-0.4, -0.2) is 44.1 Å². The zero-order valence-electron chi connectivity index (χ0n) is 12.4. The van der Waals surface area contributed by atoms with Gasteiger partial charge in [-0.2, -0.15) is 0 Å². The molecule has 2 heterocycles. The van der Waals surface area contributed by atoms with Gasteiger partial charge < -0.3 is 19.4 Å². The van der Waals surface area contributed by atoms with Crippen molar-refractivity contribution in [2.75, 3.05) is 33.3 Å². The molecule has 0 aromatic carbocycles. The molecule has 1 unspecified atom stereocenters. The van der Waals surface area contributed by atoms with Gasteiger partial charge in [0.2, 0.25) is 0 Å². The fourth-order valence-electron chi connectivity index (χ4n) is 2.62. The summed E-state index contributed by atoms with van der Waals surface area (Å²) in [5.74, 6) is 1.63. The molecule has 1 N–H and O–H groups in total. The maximum absolute atomic E-state index is 11.9. The van der Waals surface area contributed by atoms with Gasteiger partial charge in [0.15, 0.2) is 5.76 Å². The minimum absolute atomic E-state index is 0.155. The summed E-state index contributed by atoms with van der Waals surface area (Å²) in [6.45, 7) is 6.50. The molecule has 0 aliphatic carbocycles. The first kappa shape index (κ1) is 15.1. The molecule has 112 valence electrons. The molecule has 1 atom stereocenters. The highest BCUT2D eigenvalue weighted by atomic mass is 16.5. The van der Waals surface area contributed by atoms with Crippen LogP contribution >= 0.6 is 0 Å². The smallest absolute Gasteiger partial charge is 0.287 e. The Kier molecular flexibility index (Phi) is 5.61. The maximum Gasteiger partial charge on any atom is 0.287 e. The lowest BCUT2D eigenvalue weighted by molar-refractivity contribution is 0.0907. The molecule has 5 nitrogen and oxygen atoms in total. The Hall–Kier alpha value is -1.33. The first-order valence-electron chi connectivity index (χ1n) is 7.27. The van der Waals surface area contributed by atoms with E-state index in [1.807, 2.05) is 0 Å². The molecule has 0 spiro atoms. The zero-order valence-corrected chi connectivity index (χ0v) is 12.4.